The number of hydrogen-bond donors (Lipinski definition) is 1. The molecule has 23 heavy (non-hydrogen) atoms. The van der Waals surface area contributed by atoms with Gasteiger partial charge in [0.25, 0.3) is 6.43 Å². The number of amides is 1. The number of alkyl halides is 2. The summed E-state index contributed by atoms with van der Waals surface area (Å²) < 4.78 is 28.7. The van der Waals surface area contributed by atoms with Crippen LogP contribution in [-0.4, -0.2) is 49.6 Å². The maximum Gasteiger partial charge on any atom is 0.258 e. The lowest BCUT2D eigenvalue weighted by Gasteiger charge is -2.21. The number of nitrogens with two attached hydrogens (primary N) is 1. The van der Waals surface area contributed by atoms with Crippen molar-refractivity contribution in [1.82, 2.24) is 24.6 Å². The van der Waals surface area contributed by atoms with Crippen LogP contribution in [0.5, 0.6) is 0 Å². The first-order chi connectivity index (χ1) is 10.9. The number of rotatable bonds is 3. The molecule has 2 atom stereocenters. The third-order valence-corrected chi connectivity index (χ3v) is 4.65. The number of hydrogen-bond acceptors (Lipinski definition) is 5. The minimum absolute atomic E-state index is 0.0913. The summed E-state index contributed by atoms with van der Waals surface area (Å²) >= 11 is 2.00. The number of nitrogen functional groups attached to an aromatic ring is 1. The molecular weight excluding hydrogens is 421 g/mol. The van der Waals surface area contributed by atoms with Gasteiger partial charge in [-0.15, -0.1) is 0 Å². The predicted octanol–water partition coefficient (Wildman–Crippen LogP) is 1.61. The third-order valence-electron chi connectivity index (χ3n) is 3.89. The molecule has 0 saturated carbocycles. The minimum atomic E-state index is -2.63. The molecule has 1 saturated heterocycles. The molecule has 1 aliphatic heterocycles. The van der Waals surface area contributed by atoms with Crippen LogP contribution in [0, 0.1) is 3.70 Å². The van der Waals surface area contributed by atoms with Crippen molar-refractivity contribution in [2.75, 3.05) is 12.3 Å². The van der Waals surface area contributed by atoms with E-state index in [1.54, 1.807) is 4.68 Å². The Balaban J connectivity index is 2.02. The highest BCUT2D eigenvalue weighted by molar-refractivity contribution is 14.1. The van der Waals surface area contributed by atoms with Gasteiger partial charge in [-0.2, -0.15) is 5.10 Å². The fourth-order valence-corrected chi connectivity index (χ4v) is 3.59. The number of carbonyl (C=O) groups excluding carboxylic acids is 1. The van der Waals surface area contributed by atoms with Crippen LogP contribution in [0.15, 0.2) is 19.0 Å². The Hall–Kier alpha value is -1.85. The van der Waals surface area contributed by atoms with Gasteiger partial charge in [0.1, 0.15) is 15.8 Å². The summed E-state index contributed by atoms with van der Waals surface area (Å²) in [6.45, 7) is 3.49. The second-order valence-corrected chi connectivity index (χ2v) is 6.20. The van der Waals surface area contributed by atoms with Crippen molar-refractivity contribution in [3.8, 4) is 0 Å². The smallest absolute Gasteiger partial charge is 0.258 e. The quantitative estimate of drug-likeness (QED) is 0.586. The van der Waals surface area contributed by atoms with E-state index in [4.69, 9.17) is 5.73 Å². The Morgan fingerprint density at radius 1 is 1.52 bits per heavy atom. The molecule has 0 aliphatic carbocycles. The number of anilines is 1. The average molecular weight is 434 g/mol. The van der Waals surface area contributed by atoms with Crippen molar-refractivity contribution >= 4 is 45.3 Å². The Morgan fingerprint density at radius 3 is 2.91 bits per heavy atom. The van der Waals surface area contributed by atoms with Crippen LogP contribution < -0.4 is 5.73 Å². The molecule has 2 aromatic rings. The van der Waals surface area contributed by atoms with Gasteiger partial charge < -0.3 is 10.6 Å². The maximum atomic E-state index is 13.3. The fourth-order valence-electron chi connectivity index (χ4n) is 2.84. The predicted molar refractivity (Wildman–Crippen MR) is 87.8 cm³/mol. The summed E-state index contributed by atoms with van der Waals surface area (Å²) in [5.74, 6) is -0.230. The molecule has 122 valence electrons. The Kier molecular flexibility index (Phi) is 4.17. The van der Waals surface area contributed by atoms with Crippen molar-refractivity contribution < 1.29 is 13.6 Å². The zero-order chi connectivity index (χ0) is 16.7. The largest absolute Gasteiger partial charge is 0.383 e. The van der Waals surface area contributed by atoms with Gasteiger partial charge in [-0.3, -0.25) is 4.79 Å². The van der Waals surface area contributed by atoms with E-state index in [9.17, 15) is 13.6 Å². The van der Waals surface area contributed by atoms with Gasteiger partial charge in [-0.05, 0) is 35.1 Å². The third kappa shape index (κ3) is 2.64. The molecule has 3 rings (SSSR count). The van der Waals surface area contributed by atoms with Crippen LogP contribution in [0.3, 0.4) is 0 Å². The van der Waals surface area contributed by atoms with Gasteiger partial charge in [-0.1, -0.05) is 6.58 Å². The van der Waals surface area contributed by atoms with Crippen LogP contribution >= 0.6 is 22.6 Å². The molecule has 0 spiro atoms. The summed E-state index contributed by atoms with van der Waals surface area (Å²) in [5.41, 5.74) is 6.31. The number of likely N-dealkylation sites (tertiary alicyclic amines) is 1. The molecule has 7 nitrogen and oxygen atoms in total. The van der Waals surface area contributed by atoms with E-state index in [0.29, 0.717) is 14.7 Å². The van der Waals surface area contributed by atoms with Crippen LogP contribution in [-0.2, 0) is 4.79 Å². The van der Waals surface area contributed by atoms with E-state index in [0.717, 1.165) is 11.0 Å². The van der Waals surface area contributed by atoms with E-state index in [1.807, 2.05) is 22.6 Å². The van der Waals surface area contributed by atoms with Crippen LogP contribution in [0.2, 0.25) is 0 Å². The summed E-state index contributed by atoms with van der Waals surface area (Å²) in [7, 11) is 0. The van der Waals surface area contributed by atoms with Crippen molar-refractivity contribution in [2.45, 2.75) is 24.9 Å². The Bertz CT molecular complexity index is 779. The number of fused-ring (bicyclic) bond motifs is 1. The van der Waals surface area contributed by atoms with Gasteiger partial charge in [0.2, 0.25) is 5.91 Å². The molecule has 0 aromatic carbocycles. The standard InChI is InChI=1S/C13H13F2IN6O/c1-2-8(23)21-4-6(3-7(21)10(14)15)22-13-9(11(16)20-22)12(17)18-5-19-13/h2,5-7,10H,1,3-4H2,(H2,17,18,19)/t6?,7-/m1/s1. The number of halogens is 3. The first-order valence-electron chi connectivity index (χ1n) is 6.79. The highest BCUT2D eigenvalue weighted by atomic mass is 127. The summed E-state index contributed by atoms with van der Waals surface area (Å²) in [6.07, 6.45) is -0.195. The molecule has 1 aliphatic rings. The van der Waals surface area contributed by atoms with Crippen molar-refractivity contribution in [2.24, 2.45) is 0 Å². The van der Waals surface area contributed by atoms with Crippen LogP contribution in [0.1, 0.15) is 12.5 Å². The minimum Gasteiger partial charge on any atom is -0.383 e. The second kappa shape index (κ2) is 5.98. The summed E-state index contributed by atoms with van der Waals surface area (Å²) in [5, 5.41) is 4.95. The topological polar surface area (TPSA) is 89.9 Å². The fraction of sp³-hybridized carbons (Fsp3) is 0.385. The molecule has 2 aromatic heterocycles. The van der Waals surface area contributed by atoms with Crippen molar-refractivity contribution in [1.29, 1.82) is 0 Å². The normalized spacial score (nSPS) is 21.3. The lowest BCUT2D eigenvalue weighted by atomic mass is 10.2. The SMILES string of the molecule is C=CC(=O)N1CC(n2nc(I)c3c(N)ncnc32)C[C@@H]1C(F)F. The van der Waals surface area contributed by atoms with E-state index in [-0.39, 0.29) is 18.8 Å². The van der Waals surface area contributed by atoms with E-state index >= 15 is 0 Å². The maximum absolute atomic E-state index is 13.3. The zero-order valence-electron chi connectivity index (χ0n) is 11.9. The van der Waals surface area contributed by atoms with Crippen molar-refractivity contribution in [3.05, 3.63) is 22.7 Å². The molecule has 3 heterocycles. The second-order valence-electron chi connectivity index (χ2n) is 5.18. The molecule has 1 unspecified atom stereocenters. The molecular formula is C13H13F2IN6O. The van der Waals surface area contributed by atoms with E-state index < -0.39 is 24.4 Å². The van der Waals surface area contributed by atoms with Crippen molar-refractivity contribution in [3.63, 3.8) is 0 Å². The number of aromatic nitrogens is 4. The van der Waals surface area contributed by atoms with E-state index in [1.165, 1.54) is 6.33 Å². The zero-order valence-corrected chi connectivity index (χ0v) is 14.0. The van der Waals surface area contributed by atoms with Crippen LogP contribution in [0.25, 0.3) is 11.0 Å². The molecule has 1 fully saturated rings. The summed E-state index contributed by atoms with van der Waals surface area (Å²) in [6, 6.07) is -1.57. The van der Waals surface area contributed by atoms with E-state index in [2.05, 4.69) is 21.6 Å². The highest BCUT2D eigenvalue weighted by Gasteiger charge is 2.41. The van der Waals surface area contributed by atoms with Gasteiger partial charge in [0.05, 0.1) is 17.5 Å². The Labute approximate surface area is 143 Å². The lowest BCUT2D eigenvalue weighted by Crippen LogP contribution is -2.38. The number of nitrogens with zero attached hydrogens (tertiary/aromatic N) is 5. The molecule has 1 amide bonds. The van der Waals surface area contributed by atoms with Crippen LogP contribution in [0.4, 0.5) is 14.6 Å². The molecule has 0 radical (unpaired) electrons. The highest BCUT2D eigenvalue weighted by Crippen LogP contribution is 2.34. The molecule has 10 heteroatoms. The lowest BCUT2D eigenvalue weighted by molar-refractivity contribution is -0.129. The van der Waals surface area contributed by atoms with Gasteiger partial charge in [-0.25, -0.2) is 23.4 Å². The Morgan fingerprint density at radius 2 is 2.26 bits per heavy atom. The van der Waals surface area contributed by atoms with Gasteiger partial charge >= 0.3 is 0 Å². The molecule has 2 N–H and O–H groups in total. The van der Waals surface area contributed by atoms with Gasteiger partial charge in [0.15, 0.2) is 5.65 Å². The average Bonchev–Trinajstić information content (AvgIpc) is 3.09. The monoisotopic (exact) mass is 434 g/mol. The first-order valence-corrected chi connectivity index (χ1v) is 7.87. The van der Waals surface area contributed by atoms with Gasteiger partial charge in [0, 0.05) is 6.54 Å². The summed E-state index contributed by atoms with van der Waals surface area (Å²) in [4.78, 5) is 21.0. The molecule has 0 bridgehead atoms. The first kappa shape index (κ1) is 16.0. The number of carbonyl (C=O) groups is 1.